The second kappa shape index (κ2) is 11.0. The van der Waals surface area contributed by atoms with Gasteiger partial charge in [0.15, 0.2) is 5.65 Å². The lowest BCUT2D eigenvalue weighted by Crippen LogP contribution is -2.24. The van der Waals surface area contributed by atoms with Gasteiger partial charge in [-0.05, 0) is 22.0 Å². The van der Waals surface area contributed by atoms with Gasteiger partial charge in [-0.1, -0.05) is 25.4 Å². The minimum atomic E-state index is -4.70. The molecule has 0 spiro atoms. The number of nitrogens with zero attached hydrogens (tertiary/aromatic N) is 5. The van der Waals surface area contributed by atoms with E-state index in [1.54, 1.807) is 0 Å². The quantitative estimate of drug-likeness (QED) is 0.302. The highest BCUT2D eigenvalue weighted by Gasteiger charge is 2.34. The second-order valence-electron chi connectivity index (χ2n) is 6.26. The topological polar surface area (TPSA) is 138 Å². The third-order valence-electron chi connectivity index (χ3n) is 4.10. The maximum Gasteiger partial charge on any atom is 0.418 e. The number of hydrogen-bond acceptors (Lipinski definition) is 8. The van der Waals surface area contributed by atoms with Crippen molar-refractivity contribution in [2.75, 3.05) is 5.32 Å². The number of carbonyl (C=O) groups is 2. The van der Waals surface area contributed by atoms with Crippen molar-refractivity contribution in [3.05, 3.63) is 55.6 Å². The molecule has 35 heavy (non-hydrogen) atoms. The lowest BCUT2D eigenvalue weighted by Gasteiger charge is -2.10. The smallest absolute Gasteiger partial charge is 0.344 e. The van der Waals surface area contributed by atoms with Gasteiger partial charge in [-0.25, -0.2) is 19.9 Å². The van der Waals surface area contributed by atoms with E-state index in [-0.39, 0.29) is 22.9 Å². The Morgan fingerprint density at radius 3 is 2.60 bits per heavy atom. The number of anilines is 1. The molecule has 0 aliphatic carbocycles. The number of amides is 2. The highest BCUT2D eigenvalue weighted by Crippen LogP contribution is 2.35. The monoisotopic (exact) mass is 590 g/mol. The molecule has 0 aromatic carbocycles. The van der Waals surface area contributed by atoms with Gasteiger partial charge in [0.1, 0.15) is 32.3 Å². The first kappa shape index (κ1) is 26.4. The summed E-state index contributed by atoms with van der Waals surface area (Å²) in [4.78, 5) is 40.7. The maximum atomic E-state index is 13.0. The van der Waals surface area contributed by atoms with Crippen LogP contribution in [0.25, 0.3) is 11.0 Å². The number of pyridine rings is 1. The van der Waals surface area contributed by atoms with Gasteiger partial charge in [0, 0.05) is 6.20 Å². The molecule has 4 aromatic heterocycles. The SMILES string of the molecule is CC.O=C(Nc1cc(C(F)(F)F)c(Cl)cn1)c1cnc(CNC(=O)c2ncnc3n[nH]c(Br)c23)s1. The molecule has 0 aliphatic rings. The molecular formula is C19H15BrClF3N8O2S. The van der Waals surface area contributed by atoms with Crippen molar-refractivity contribution in [1.82, 2.24) is 35.5 Å². The number of nitrogens with one attached hydrogen (secondary N) is 3. The molecule has 0 saturated heterocycles. The standard InChI is InChI=1S/C17H9BrClF3N8O2S.C2H6/c18-13-11-12(26-5-27-14(11)30-29-13)16(32)25-4-10-24-3-8(33-10)15(31)28-9-1-6(17(20,21)22)7(19)2-23-9;1-2/h1-3,5H,4H2,(H,25,32)(H,23,28,31)(H,26,27,29,30);1-2H3. The summed E-state index contributed by atoms with van der Waals surface area (Å²) >= 11 is 9.71. The molecule has 0 bridgehead atoms. The minimum absolute atomic E-state index is 0.0187. The fourth-order valence-electron chi connectivity index (χ4n) is 2.63. The van der Waals surface area contributed by atoms with Crippen molar-refractivity contribution in [3.63, 3.8) is 0 Å². The summed E-state index contributed by atoms with van der Waals surface area (Å²) in [6.07, 6.45) is -1.46. The van der Waals surface area contributed by atoms with E-state index in [1.807, 2.05) is 13.8 Å². The lowest BCUT2D eigenvalue weighted by atomic mass is 10.2. The summed E-state index contributed by atoms with van der Waals surface area (Å²) in [5, 5.41) is 11.7. The zero-order valence-electron chi connectivity index (χ0n) is 17.9. The molecule has 4 aromatic rings. The number of fused-ring (bicyclic) bond motifs is 1. The normalized spacial score (nSPS) is 11.1. The number of hydrogen-bond donors (Lipinski definition) is 3. The third-order valence-corrected chi connectivity index (χ3v) is 5.97. The Balaban J connectivity index is 0.00000167. The molecular weight excluding hydrogens is 577 g/mol. The van der Waals surface area contributed by atoms with Crippen molar-refractivity contribution in [2.24, 2.45) is 0 Å². The predicted octanol–water partition coefficient (Wildman–Crippen LogP) is 4.85. The molecule has 2 amide bonds. The second-order valence-corrected chi connectivity index (χ2v) is 8.58. The Hall–Kier alpha value is -3.17. The predicted molar refractivity (Wildman–Crippen MR) is 126 cm³/mol. The van der Waals surface area contributed by atoms with Crippen LogP contribution in [0.2, 0.25) is 5.02 Å². The maximum absolute atomic E-state index is 13.0. The van der Waals surface area contributed by atoms with Gasteiger partial charge in [-0.15, -0.1) is 11.3 Å². The Morgan fingerprint density at radius 1 is 1.14 bits per heavy atom. The summed E-state index contributed by atoms with van der Waals surface area (Å²) in [7, 11) is 0. The van der Waals surface area contributed by atoms with E-state index < -0.39 is 28.6 Å². The van der Waals surface area contributed by atoms with Crippen LogP contribution in [-0.2, 0) is 12.7 Å². The van der Waals surface area contributed by atoms with E-state index in [4.69, 9.17) is 11.6 Å². The van der Waals surface area contributed by atoms with E-state index in [0.29, 0.717) is 26.7 Å². The van der Waals surface area contributed by atoms with E-state index in [2.05, 4.69) is 56.7 Å². The molecule has 4 rings (SSSR count). The van der Waals surface area contributed by atoms with Gasteiger partial charge in [-0.3, -0.25) is 14.7 Å². The molecule has 0 atom stereocenters. The first-order chi connectivity index (χ1) is 16.6. The summed E-state index contributed by atoms with van der Waals surface area (Å²) in [5.74, 6) is -1.55. The van der Waals surface area contributed by atoms with Gasteiger partial charge < -0.3 is 10.6 Å². The Morgan fingerprint density at radius 2 is 1.89 bits per heavy atom. The first-order valence-corrected chi connectivity index (χ1v) is 11.7. The molecule has 16 heteroatoms. The molecule has 0 saturated carbocycles. The average Bonchev–Trinajstić information content (AvgIpc) is 3.46. The van der Waals surface area contributed by atoms with Crippen molar-refractivity contribution >= 4 is 67.5 Å². The average molecular weight is 592 g/mol. The van der Waals surface area contributed by atoms with Crippen LogP contribution in [0.1, 0.15) is 44.6 Å². The van der Waals surface area contributed by atoms with Crippen LogP contribution in [0.4, 0.5) is 19.0 Å². The highest BCUT2D eigenvalue weighted by molar-refractivity contribution is 9.10. The summed E-state index contributed by atoms with van der Waals surface area (Å²) in [6, 6.07) is 0.638. The van der Waals surface area contributed by atoms with Crippen LogP contribution in [0.5, 0.6) is 0 Å². The molecule has 184 valence electrons. The van der Waals surface area contributed by atoms with Crippen molar-refractivity contribution in [3.8, 4) is 0 Å². The third kappa shape index (κ3) is 6.10. The molecule has 3 N–H and O–H groups in total. The number of rotatable bonds is 5. The van der Waals surface area contributed by atoms with Crippen molar-refractivity contribution in [1.29, 1.82) is 0 Å². The fourth-order valence-corrected chi connectivity index (χ4v) is 4.05. The van der Waals surface area contributed by atoms with Gasteiger partial charge >= 0.3 is 6.18 Å². The highest BCUT2D eigenvalue weighted by atomic mass is 79.9. The minimum Gasteiger partial charge on any atom is -0.344 e. The number of carbonyl (C=O) groups excluding carboxylic acids is 2. The number of alkyl halides is 3. The Labute approximate surface area is 212 Å². The molecule has 0 unspecified atom stereocenters. The van der Waals surface area contributed by atoms with Crippen LogP contribution < -0.4 is 10.6 Å². The largest absolute Gasteiger partial charge is 0.418 e. The van der Waals surface area contributed by atoms with Crippen LogP contribution in [0.15, 0.2) is 29.4 Å². The van der Waals surface area contributed by atoms with Crippen LogP contribution in [-0.4, -0.2) is 41.9 Å². The van der Waals surface area contributed by atoms with Crippen LogP contribution in [0.3, 0.4) is 0 Å². The number of H-pyrrole nitrogens is 1. The van der Waals surface area contributed by atoms with E-state index in [0.717, 1.165) is 17.5 Å². The van der Waals surface area contributed by atoms with Gasteiger partial charge in [-0.2, -0.15) is 18.3 Å². The van der Waals surface area contributed by atoms with Crippen molar-refractivity contribution in [2.45, 2.75) is 26.6 Å². The number of aromatic amines is 1. The number of thiazole rings is 1. The zero-order valence-corrected chi connectivity index (χ0v) is 21.0. The molecule has 0 radical (unpaired) electrons. The van der Waals surface area contributed by atoms with Gasteiger partial charge in [0.25, 0.3) is 11.8 Å². The van der Waals surface area contributed by atoms with Gasteiger partial charge in [0.2, 0.25) is 0 Å². The molecule has 4 heterocycles. The summed E-state index contributed by atoms with van der Waals surface area (Å²) in [5.41, 5.74) is -0.727. The zero-order chi connectivity index (χ0) is 25.8. The molecule has 0 aliphatic heterocycles. The Bertz CT molecular complexity index is 1380. The Kier molecular flexibility index (Phi) is 8.34. The number of halogens is 5. The fraction of sp³-hybridized carbons (Fsp3) is 0.211. The summed E-state index contributed by atoms with van der Waals surface area (Å²) < 4.78 is 39.4. The van der Waals surface area contributed by atoms with E-state index in [9.17, 15) is 22.8 Å². The van der Waals surface area contributed by atoms with E-state index in [1.165, 1.54) is 12.5 Å². The lowest BCUT2D eigenvalue weighted by molar-refractivity contribution is -0.137. The summed E-state index contributed by atoms with van der Waals surface area (Å²) in [6.45, 7) is 3.98. The van der Waals surface area contributed by atoms with Crippen LogP contribution >= 0.6 is 38.9 Å². The van der Waals surface area contributed by atoms with Gasteiger partial charge in [0.05, 0.1) is 28.7 Å². The number of aromatic nitrogens is 6. The van der Waals surface area contributed by atoms with E-state index >= 15 is 0 Å². The van der Waals surface area contributed by atoms with Crippen molar-refractivity contribution < 1.29 is 22.8 Å². The molecule has 10 nitrogen and oxygen atoms in total. The first-order valence-electron chi connectivity index (χ1n) is 9.75. The molecule has 0 fully saturated rings. The van der Waals surface area contributed by atoms with Crippen LogP contribution in [0, 0.1) is 0 Å².